The molecule has 2 heteroatoms. The molecule has 0 bridgehead atoms. The van der Waals surface area contributed by atoms with Crippen LogP contribution in [0.5, 0.6) is 0 Å². The fraction of sp³-hybridized carbons (Fsp3) is 0.636. The van der Waals surface area contributed by atoms with Crippen molar-refractivity contribution in [3.05, 3.63) is 12.7 Å². The Morgan fingerprint density at radius 2 is 2.38 bits per heavy atom. The Kier molecular flexibility index (Phi) is 3.02. The van der Waals surface area contributed by atoms with E-state index in [0.717, 1.165) is 19.1 Å². The van der Waals surface area contributed by atoms with Crippen molar-refractivity contribution in [2.24, 2.45) is 11.3 Å². The van der Waals surface area contributed by atoms with Crippen molar-refractivity contribution in [3.8, 4) is 0 Å². The molecule has 1 aliphatic rings. The second-order valence-electron chi connectivity index (χ2n) is 3.92. The molecule has 0 amide bonds. The summed E-state index contributed by atoms with van der Waals surface area (Å²) >= 11 is 0. The normalized spacial score (nSPS) is 34.2. The highest BCUT2D eigenvalue weighted by Gasteiger charge is 2.41. The fourth-order valence-electron chi connectivity index (χ4n) is 2.09. The molecule has 0 spiro atoms. The minimum atomic E-state index is -0.737. The molecule has 2 unspecified atom stereocenters. The van der Waals surface area contributed by atoms with Gasteiger partial charge in [-0.15, -0.1) is 6.58 Å². The Labute approximate surface area is 79.0 Å². The molecule has 13 heavy (non-hydrogen) atoms. The second-order valence-corrected chi connectivity index (χ2v) is 3.92. The van der Waals surface area contributed by atoms with Gasteiger partial charge >= 0.3 is 0 Å². The summed E-state index contributed by atoms with van der Waals surface area (Å²) < 4.78 is 0. The van der Waals surface area contributed by atoms with E-state index in [0.29, 0.717) is 12.8 Å². The molecule has 72 valence electrons. The van der Waals surface area contributed by atoms with Gasteiger partial charge in [0.2, 0.25) is 0 Å². The molecule has 2 atom stereocenters. The number of carbonyl (C=O) groups excluding carboxylic acids is 2. The molecule has 0 aromatic carbocycles. The van der Waals surface area contributed by atoms with Crippen LogP contribution in [0.1, 0.15) is 32.6 Å². The van der Waals surface area contributed by atoms with Crippen molar-refractivity contribution in [1.82, 2.24) is 0 Å². The maximum Gasteiger partial charge on any atom is 0.149 e. The number of hydrogen-bond donors (Lipinski definition) is 0. The third-order valence-corrected chi connectivity index (χ3v) is 2.93. The number of ketones is 1. The molecule has 1 saturated carbocycles. The van der Waals surface area contributed by atoms with Crippen LogP contribution in [0.4, 0.5) is 0 Å². The predicted molar refractivity (Wildman–Crippen MR) is 51.3 cm³/mol. The van der Waals surface area contributed by atoms with Crippen molar-refractivity contribution in [3.63, 3.8) is 0 Å². The van der Waals surface area contributed by atoms with Crippen molar-refractivity contribution < 1.29 is 9.59 Å². The zero-order valence-corrected chi connectivity index (χ0v) is 8.08. The van der Waals surface area contributed by atoms with Crippen LogP contribution in [0.3, 0.4) is 0 Å². The molecule has 0 aliphatic heterocycles. The van der Waals surface area contributed by atoms with Crippen LogP contribution in [0.15, 0.2) is 12.7 Å². The van der Waals surface area contributed by atoms with Crippen LogP contribution < -0.4 is 0 Å². The summed E-state index contributed by atoms with van der Waals surface area (Å²) in [5.74, 6) is 0.146. The summed E-state index contributed by atoms with van der Waals surface area (Å²) in [6, 6.07) is 0. The van der Waals surface area contributed by atoms with Crippen LogP contribution in [0.2, 0.25) is 0 Å². The lowest BCUT2D eigenvalue weighted by Gasteiger charge is -2.32. The van der Waals surface area contributed by atoms with Gasteiger partial charge in [-0.25, -0.2) is 0 Å². The molecule has 1 rings (SSSR count). The molecular formula is C11H16O2. The van der Waals surface area contributed by atoms with E-state index in [9.17, 15) is 9.59 Å². The van der Waals surface area contributed by atoms with Gasteiger partial charge in [0.25, 0.3) is 0 Å². The minimum Gasteiger partial charge on any atom is -0.302 e. The van der Waals surface area contributed by atoms with E-state index in [1.807, 2.05) is 6.92 Å². The van der Waals surface area contributed by atoms with Crippen molar-refractivity contribution in [2.45, 2.75) is 32.6 Å². The maximum absolute atomic E-state index is 11.8. The molecule has 0 radical (unpaired) electrons. The molecule has 0 heterocycles. The molecule has 2 nitrogen and oxygen atoms in total. The van der Waals surface area contributed by atoms with Gasteiger partial charge in [0, 0.05) is 5.92 Å². The minimum absolute atomic E-state index is 0.0406. The van der Waals surface area contributed by atoms with Gasteiger partial charge in [0.1, 0.15) is 12.1 Å². The standard InChI is InChI=1S/C11H16O2/c1-3-6-11(8-12)7-4-5-9(2)10(11)13/h3,8-9H,1,4-7H2,2H3. The van der Waals surface area contributed by atoms with Crippen LogP contribution in [-0.2, 0) is 9.59 Å². The Morgan fingerprint density at radius 1 is 1.69 bits per heavy atom. The van der Waals surface area contributed by atoms with E-state index in [1.165, 1.54) is 0 Å². The Bertz CT molecular complexity index is 232. The van der Waals surface area contributed by atoms with Crippen molar-refractivity contribution in [2.75, 3.05) is 0 Å². The van der Waals surface area contributed by atoms with Gasteiger partial charge in [0.05, 0.1) is 5.41 Å². The molecule has 0 aromatic heterocycles. The van der Waals surface area contributed by atoms with Gasteiger partial charge in [-0.2, -0.15) is 0 Å². The summed E-state index contributed by atoms with van der Waals surface area (Å²) in [5, 5.41) is 0. The van der Waals surface area contributed by atoms with E-state index in [-0.39, 0.29) is 11.7 Å². The van der Waals surface area contributed by atoms with E-state index < -0.39 is 5.41 Å². The first-order valence-electron chi connectivity index (χ1n) is 4.78. The fourth-order valence-corrected chi connectivity index (χ4v) is 2.09. The summed E-state index contributed by atoms with van der Waals surface area (Å²) in [5.41, 5.74) is -0.737. The Hall–Kier alpha value is -0.920. The highest BCUT2D eigenvalue weighted by atomic mass is 16.1. The number of carbonyl (C=O) groups is 2. The molecule has 0 saturated heterocycles. The monoisotopic (exact) mass is 180 g/mol. The van der Waals surface area contributed by atoms with Crippen LogP contribution in [0, 0.1) is 11.3 Å². The van der Waals surface area contributed by atoms with Gasteiger partial charge in [0.15, 0.2) is 0 Å². The lowest BCUT2D eigenvalue weighted by molar-refractivity contribution is -0.140. The molecule has 0 aromatic rings. The zero-order valence-electron chi connectivity index (χ0n) is 8.08. The Balaban J connectivity index is 2.88. The topological polar surface area (TPSA) is 34.1 Å². The van der Waals surface area contributed by atoms with E-state index in [1.54, 1.807) is 6.08 Å². The summed E-state index contributed by atoms with van der Waals surface area (Å²) in [6.45, 7) is 5.50. The van der Waals surface area contributed by atoms with Gasteiger partial charge in [-0.05, 0) is 19.3 Å². The summed E-state index contributed by atoms with van der Waals surface area (Å²) in [7, 11) is 0. The second kappa shape index (κ2) is 3.86. The van der Waals surface area contributed by atoms with Crippen LogP contribution >= 0.6 is 0 Å². The molecular weight excluding hydrogens is 164 g/mol. The summed E-state index contributed by atoms with van der Waals surface area (Å²) in [6.07, 6.45) is 5.59. The first-order chi connectivity index (χ1) is 6.16. The zero-order chi connectivity index (χ0) is 9.90. The van der Waals surface area contributed by atoms with Gasteiger partial charge < -0.3 is 4.79 Å². The number of allylic oxidation sites excluding steroid dienone is 1. The molecule has 0 N–H and O–H groups in total. The van der Waals surface area contributed by atoms with E-state index in [4.69, 9.17) is 0 Å². The first kappa shape index (κ1) is 10.2. The SMILES string of the molecule is C=CCC1(C=O)CCCC(C)C1=O. The first-order valence-corrected chi connectivity index (χ1v) is 4.78. The van der Waals surface area contributed by atoms with Crippen molar-refractivity contribution in [1.29, 1.82) is 0 Å². The van der Waals surface area contributed by atoms with Crippen LogP contribution in [-0.4, -0.2) is 12.1 Å². The smallest absolute Gasteiger partial charge is 0.149 e. The molecule has 1 fully saturated rings. The third kappa shape index (κ3) is 1.71. The highest BCUT2D eigenvalue weighted by molar-refractivity contribution is 6.00. The van der Waals surface area contributed by atoms with E-state index >= 15 is 0 Å². The third-order valence-electron chi connectivity index (χ3n) is 2.93. The largest absolute Gasteiger partial charge is 0.302 e. The Morgan fingerprint density at radius 3 is 2.92 bits per heavy atom. The molecule has 1 aliphatic carbocycles. The lowest BCUT2D eigenvalue weighted by atomic mass is 9.68. The average Bonchev–Trinajstić information content (AvgIpc) is 2.13. The quantitative estimate of drug-likeness (QED) is 0.379. The maximum atomic E-state index is 11.8. The van der Waals surface area contributed by atoms with E-state index in [2.05, 4.69) is 6.58 Å². The predicted octanol–water partition coefficient (Wildman–Crippen LogP) is 2.14. The average molecular weight is 180 g/mol. The number of hydrogen-bond acceptors (Lipinski definition) is 2. The number of Topliss-reactive ketones (excluding diaryl/α,β-unsaturated/α-hetero) is 1. The summed E-state index contributed by atoms with van der Waals surface area (Å²) in [4.78, 5) is 22.7. The number of rotatable bonds is 3. The number of aldehydes is 1. The van der Waals surface area contributed by atoms with Gasteiger partial charge in [-0.1, -0.05) is 19.4 Å². The lowest BCUT2D eigenvalue weighted by Crippen LogP contribution is -2.39. The van der Waals surface area contributed by atoms with Gasteiger partial charge in [-0.3, -0.25) is 4.79 Å². The van der Waals surface area contributed by atoms with Crippen LogP contribution in [0.25, 0.3) is 0 Å². The highest BCUT2D eigenvalue weighted by Crippen LogP contribution is 2.37. The van der Waals surface area contributed by atoms with Crippen molar-refractivity contribution >= 4 is 12.1 Å².